The van der Waals surface area contributed by atoms with Crippen LogP contribution >= 0.6 is 15.9 Å². The number of hydrogen-bond acceptors (Lipinski definition) is 5. The Kier molecular flexibility index (Phi) is 8.98. The fourth-order valence-corrected chi connectivity index (χ4v) is 3.63. The number of ether oxygens (including phenoxy) is 1. The van der Waals surface area contributed by atoms with Crippen molar-refractivity contribution in [2.24, 2.45) is 5.10 Å². The van der Waals surface area contributed by atoms with Crippen LogP contribution in [0.1, 0.15) is 21.5 Å². The highest BCUT2D eigenvalue weighted by atomic mass is 79.9. The summed E-state index contributed by atoms with van der Waals surface area (Å²) in [5.74, 6) is -1.82. The van der Waals surface area contributed by atoms with Crippen molar-refractivity contribution in [3.63, 3.8) is 0 Å². The highest BCUT2D eigenvalue weighted by Crippen LogP contribution is 2.19. The first kappa shape index (κ1) is 26.3. The van der Waals surface area contributed by atoms with Crippen molar-refractivity contribution in [3.8, 4) is 5.75 Å². The quantitative estimate of drug-likeness (QED) is 0.150. The van der Waals surface area contributed by atoms with Gasteiger partial charge in [0.25, 0.3) is 5.91 Å². The molecule has 0 atom stereocenters. The van der Waals surface area contributed by atoms with Crippen LogP contribution in [-0.4, -0.2) is 23.9 Å². The molecule has 3 amide bonds. The number of nitrogens with one attached hydrogen (secondary N) is 3. The maximum Gasteiger partial charge on any atom is 0.329 e. The minimum absolute atomic E-state index is 0.191. The van der Waals surface area contributed by atoms with Gasteiger partial charge in [-0.3, -0.25) is 14.4 Å². The van der Waals surface area contributed by atoms with Crippen molar-refractivity contribution in [2.45, 2.75) is 6.61 Å². The van der Waals surface area contributed by atoms with Crippen LogP contribution in [0.3, 0.4) is 0 Å². The fraction of sp³-hybridized carbons (Fsp3) is 0.0345. The number of anilines is 2. The lowest BCUT2D eigenvalue weighted by molar-refractivity contribution is -0.136. The highest BCUT2D eigenvalue weighted by Gasteiger charge is 2.18. The molecule has 0 spiro atoms. The first-order chi connectivity index (χ1) is 18.5. The molecule has 0 aliphatic rings. The molecule has 0 saturated heterocycles. The Morgan fingerprint density at radius 1 is 0.763 bits per heavy atom. The smallest absolute Gasteiger partial charge is 0.329 e. The van der Waals surface area contributed by atoms with Gasteiger partial charge in [0, 0.05) is 15.7 Å². The Hall–Kier alpha value is -4.76. The van der Waals surface area contributed by atoms with E-state index in [-0.39, 0.29) is 11.3 Å². The molecule has 0 aliphatic carbocycles. The average Bonchev–Trinajstić information content (AvgIpc) is 2.94. The molecular formula is C29H23BrN4O4. The topological polar surface area (TPSA) is 109 Å². The van der Waals surface area contributed by atoms with E-state index in [1.165, 1.54) is 12.3 Å². The first-order valence-corrected chi connectivity index (χ1v) is 12.3. The van der Waals surface area contributed by atoms with Crippen LogP contribution in [-0.2, 0) is 16.2 Å². The van der Waals surface area contributed by atoms with Crippen LogP contribution in [0.2, 0.25) is 0 Å². The van der Waals surface area contributed by atoms with Gasteiger partial charge in [0.1, 0.15) is 12.4 Å². The normalized spacial score (nSPS) is 10.6. The second-order valence-corrected chi connectivity index (χ2v) is 8.89. The summed E-state index contributed by atoms with van der Waals surface area (Å²) < 4.78 is 6.87. The molecule has 0 radical (unpaired) electrons. The molecule has 0 saturated carbocycles. The largest absolute Gasteiger partial charge is 0.488 e. The maximum absolute atomic E-state index is 12.7. The Bertz CT molecular complexity index is 1460. The molecule has 4 aromatic carbocycles. The van der Waals surface area contributed by atoms with Crippen molar-refractivity contribution in [1.29, 1.82) is 0 Å². The zero-order valence-electron chi connectivity index (χ0n) is 20.1. The number of para-hydroxylation sites is 3. The molecule has 0 aromatic heterocycles. The number of amides is 3. The Balaban J connectivity index is 1.35. The van der Waals surface area contributed by atoms with Crippen LogP contribution in [0, 0.1) is 0 Å². The third-order valence-electron chi connectivity index (χ3n) is 5.25. The summed E-state index contributed by atoms with van der Waals surface area (Å²) in [4.78, 5) is 37.5. The Morgan fingerprint density at radius 3 is 2.24 bits per heavy atom. The number of hydrogen-bond donors (Lipinski definition) is 3. The number of rotatable bonds is 8. The van der Waals surface area contributed by atoms with Crippen molar-refractivity contribution in [2.75, 3.05) is 10.6 Å². The number of hydrazone groups is 1. The van der Waals surface area contributed by atoms with Gasteiger partial charge in [-0.1, -0.05) is 70.5 Å². The molecule has 0 unspecified atom stereocenters. The van der Waals surface area contributed by atoms with Crippen molar-refractivity contribution >= 4 is 51.2 Å². The molecule has 9 heteroatoms. The molecule has 38 heavy (non-hydrogen) atoms. The summed E-state index contributed by atoms with van der Waals surface area (Å²) in [6, 6.07) is 30.3. The van der Waals surface area contributed by atoms with Crippen molar-refractivity contribution in [3.05, 3.63) is 124 Å². The van der Waals surface area contributed by atoms with Crippen LogP contribution in [0.25, 0.3) is 0 Å². The summed E-state index contributed by atoms with van der Waals surface area (Å²) in [6.45, 7) is 0.351. The second kappa shape index (κ2) is 13.0. The number of carbonyl (C=O) groups is 3. The van der Waals surface area contributed by atoms with E-state index in [9.17, 15) is 14.4 Å². The van der Waals surface area contributed by atoms with Crippen LogP contribution in [0.5, 0.6) is 5.75 Å². The number of carbonyl (C=O) groups excluding carboxylic acids is 3. The van der Waals surface area contributed by atoms with Gasteiger partial charge in [0.15, 0.2) is 0 Å². The van der Waals surface area contributed by atoms with Gasteiger partial charge in [-0.2, -0.15) is 5.10 Å². The second-order valence-electron chi connectivity index (χ2n) is 7.97. The third kappa shape index (κ3) is 7.37. The standard InChI is InChI=1S/C29H23BrN4O4/c30-22-16-14-20(15-17-22)19-38-26-13-7-4-8-21(26)18-31-34-29(37)28(36)33-25-12-6-5-11-24(25)27(35)32-23-9-2-1-3-10-23/h1-18H,19H2,(H,32,35)(H,33,36)(H,34,37). The van der Waals surface area contributed by atoms with Crippen LogP contribution in [0.4, 0.5) is 11.4 Å². The maximum atomic E-state index is 12.7. The summed E-state index contributed by atoms with van der Waals surface area (Å²) in [6.07, 6.45) is 1.39. The van der Waals surface area contributed by atoms with Gasteiger partial charge in [-0.05, 0) is 54.1 Å². The third-order valence-corrected chi connectivity index (χ3v) is 5.78. The van der Waals surface area contributed by atoms with E-state index in [0.29, 0.717) is 23.6 Å². The van der Waals surface area contributed by atoms with Gasteiger partial charge in [-0.25, -0.2) is 5.43 Å². The summed E-state index contributed by atoms with van der Waals surface area (Å²) in [5.41, 5.74) is 4.81. The molecule has 8 nitrogen and oxygen atoms in total. The van der Waals surface area contributed by atoms with E-state index >= 15 is 0 Å². The first-order valence-electron chi connectivity index (χ1n) is 11.6. The summed E-state index contributed by atoms with van der Waals surface area (Å²) in [7, 11) is 0. The lowest BCUT2D eigenvalue weighted by atomic mass is 10.1. The van der Waals surface area contributed by atoms with Crippen molar-refractivity contribution in [1.82, 2.24) is 5.43 Å². The lowest BCUT2D eigenvalue weighted by Gasteiger charge is -2.11. The zero-order chi connectivity index (χ0) is 26.7. The van der Waals surface area contributed by atoms with E-state index in [2.05, 4.69) is 37.1 Å². The minimum Gasteiger partial charge on any atom is -0.488 e. The lowest BCUT2D eigenvalue weighted by Crippen LogP contribution is -2.33. The molecular weight excluding hydrogens is 548 g/mol. The van der Waals surface area contributed by atoms with E-state index in [1.54, 1.807) is 60.7 Å². The highest BCUT2D eigenvalue weighted by molar-refractivity contribution is 9.10. The van der Waals surface area contributed by atoms with Crippen molar-refractivity contribution < 1.29 is 19.1 Å². The van der Waals surface area contributed by atoms with E-state index in [1.807, 2.05) is 36.4 Å². The fourth-order valence-electron chi connectivity index (χ4n) is 3.36. The van der Waals surface area contributed by atoms with Crippen LogP contribution in [0.15, 0.2) is 113 Å². The Morgan fingerprint density at radius 2 is 1.45 bits per heavy atom. The van der Waals surface area contributed by atoms with Gasteiger partial charge >= 0.3 is 11.8 Å². The van der Waals surface area contributed by atoms with Gasteiger partial charge in [-0.15, -0.1) is 0 Å². The molecule has 3 N–H and O–H groups in total. The molecule has 4 aromatic rings. The predicted molar refractivity (Wildman–Crippen MR) is 150 cm³/mol. The summed E-state index contributed by atoms with van der Waals surface area (Å²) in [5, 5.41) is 9.11. The zero-order valence-corrected chi connectivity index (χ0v) is 21.6. The average molecular weight is 571 g/mol. The van der Waals surface area contributed by atoms with E-state index in [4.69, 9.17) is 4.74 Å². The number of nitrogens with zero attached hydrogens (tertiary/aromatic N) is 1. The molecule has 0 bridgehead atoms. The minimum atomic E-state index is -0.993. The van der Waals surface area contributed by atoms with Gasteiger partial charge < -0.3 is 15.4 Å². The SMILES string of the molecule is O=C(NN=Cc1ccccc1OCc1ccc(Br)cc1)C(=O)Nc1ccccc1C(=O)Nc1ccccc1. The monoisotopic (exact) mass is 570 g/mol. The molecule has 190 valence electrons. The predicted octanol–water partition coefficient (Wildman–Crippen LogP) is 5.37. The molecule has 0 fully saturated rings. The number of halogens is 1. The Labute approximate surface area is 227 Å². The van der Waals surface area contributed by atoms with Gasteiger partial charge in [0.2, 0.25) is 0 Å². The van der Waals surface area contributed by atoms with E-state index < -0.39 is 17.7 Å². The van der Waals surface area contributed by atoms with E-state index in [0.717, 1.165) is 10.0 Å². The molecule has 4 rings (SSSR count). The van der Waals surface area contributed by atoms with Gasteiger partial charge in [0.05, 0.1) is 17.5 Å². The number of benzene rings is 4. The summed E-state index contributed by atoms with van der Waals surface area (Å²) >= 11 is 3.40. The molecule has 0 aliphatic heterocycles. The van der Waals surface area contributed by atoms with Crippen LogP contribution < -0.4 is 20.8 Å². The molecule has 0 heterocycles.